The smallest absolute Gasteiger partial charge is 0.258 e. The Morgan fingerprint density at radius 1 is 0.865 bits per heavy atom. The van der Waals surface area contributed by atoms with Crippen molar-refractivity contribution in [2.75, 3.05) is 26.2 Å². The Labute approximate surface area is 214 Å². The molecule has 0 unspecified atom stereocenters. The van der Waals surface area contributed by atoms with E-state index in [-0.39, 0.29) is 17.4 Å². The Balaban J connectivity index is 1.24. The number of amides is 2. The van der Waals surface area contributed by atoms with Gasteiger partial charge in [0.15, 0.2) is 0 Å². The molecule has 8 heteroatoms. The lowest BCUT2D eigenvalue weighted by Crippen LogP contribution is -2.55. The minimum absolute atomic E-state index is 0.0926. The van der Waals surface area contributed by atoms with Crippen LogP contribution in [0.15, 0.2) is 89.7 Å². The van der Waals surface area contributed by atoms with Crippen LogP contribution in [-0.4, -0.2) is 63.8 Å². The van der Waals surface area contributed by atoms with E-state index in [0.29, 0.717) is 61.4 Å². The molecule has 5 rings (SSSR count). The summed E-state index contributed by atoms with van der Waals surface area (Å²) in [7, 11) is 0. The third-order valence-corrected chi connectivity index (χ3v) is 6.64. The van der Waals surface area contributed by atoms with E-state index < -0.39 is 6.04 Å². The van der Waals surface area contributed by atoms with Crippen LogP contribution in [0.3, 0.4) is 0 Å². The topological polar surface area (TPSA) is 98.4 Å². The number of nitrogens with zero attached hydrogens (tertiary/aromatic N) is 3. The van der Waals surface area contributed by atoms with Crippen LogP contribution in [0.2, 0.25) is 0 Å². The van der Waals surface area contributed by atoms with Gasteiger partial charge >= 0.3 is 0 Å². The second kappa shape index (κ2) is 11.2. The van der Waals surface area contributed by atoms with Gasteiger partial charge in [0.05, 0.1) is 17.4 Å². The van der Waals surface area contributed by atoms with Crippen LogP contribution in [0.25, 0.3) is 10.9 Å². The number of piperazine rings is 1. The number of aromatic nitrogens is 2. The first kappa shape index (κ1) is 24.4. The monoisotopic (exact) mass is 495 g/mol. The van der Waals surface area contributed by atoms with Crippen LogP contribution in [0.5, 0.6) is 0 Å². The highest BCUT2D eigenvalue weighted by atomic mass is 16.2. The number of nitrogens with one attached hydrogen (secondary N) is 2. The van der Waals surface area contributed by atoms with Gasteiger partial charge in [0.2, 0.25) is 5.91 Å². The summed E-state index contributed by atoms with van der Waals surface area (Å²) >= 11 is 0. The molecule has 1 aliphatic rings. The number of hydrogen-bond donors (Lipinski definition) is 2. The predicted octanol–water partition coefficient (Wildman–Crippen LogP) is 2.61. The van der Waals surface area contributed by atoms with E-state index in [9.17, 15) is 14.4 Å². The zero-order chi connectivity index (χ0) is 25.6. The average Bonchev–Trinajstić information content (AvgIpc) is 2.94. The van der Waals surface area contributed by atoms with Gasteiger partial charge in [-0.25, -0.2) is 4.98 Å². The molecule has 0 aliphatic carbocycles. The van der Waals surface area contributed by atoms with Gasteiger partial charge in [0, 0.05) is 38.2 Å². The number of rotatable bonds is 7. The first-order valence-electron chi connectivity index (χ1n) is 12.5. The van der Waals surface area contributed by atoms with Crippen molar-refractivity contribution in [2.45, 2.75) is 19.0 Å². The quantitative estimate of drug-likeness (QED) is 0.411. The number of benzene rings is 3. The van der Waals surface area contributed by atoms with E-state index in [1.165, 1.54) is 0 Å². The molecule has 4 aromatic rings. The third-order valence-electron chi connectivity index (χ3n) is 6.64. The predicted molar refractivity (Wildman–Crippen MR) is 142 cm³/mol. The van der Waals surface area contributed by atoms with E-state index in [2.05, 4.69) is 20.2 Å². The molecule has 188 valence electrons. The zero-order valence-corrected chi connectivity index (χ0v) is 20.5. The molecule has 2 N–H and O–H groups in total. The fraction of sp³-hybridized carbons (Fsp3) is 0.241. The van der Waals surface area contributed by atoms with Crippen LogP contribution in [0, 0.1) is 0 Å². The molecule has 1 aromatic heterocycles. The Hall–Kier alpha value is -4.30. The summed E-state index contributed by atoms with van der Waals surface area (Å²) in [5.74, 6) is 0.255. The van der Waals surface area contributed by atoms with Gasteiger partial charge in [-0.3, -0.25) is 19.3 Å². The Morgan fingerprint density at radius 2 is 1.51 bits per heavy atom. The first-order chi connectivity index (χ1) is 18.1. The lowest BCUT2D eigenvalue weighted by Gasteiger charge is -2.36. The lowest BCUT2D eigenvalue weighted by molar-refractivity contribution is -0.135. The summed E-state index contributed by atoms with van der Waals surface area (Å²) in [6, 6.07) is 25.3. The van der Waals surface area contributed by atoms with Crippen molar-refractivity contribution in [2.24, 2.45) is 0 Å². The van der Waals surface area contributed by atoms with Gasteiger partial charge in [-0.2, -0.15) is 0 Å². The van der Waals surface area contributed by atoms with E-state index in [1.54, 1.807) is 30.3 Å². The number of para-hydroxylation sites is 1. The Bertz CT molecular complexity index is 1430. The van der Waals surface area contributed by atoms with Crippen molar-refractivity contribution in [3.8, 4) is 0 Å². The SMILES string of the molecule is O=C(N[C@H](Cc1ccccc1)C(=O)N1CCN(Cc2nc3ccccc3c(=O)[nH]2)CC1)c1ccccc1. The van der Waals surface area contributed by atoms with Crippen LogP contribution in [0.1, 0.15) is 21.7 Å². The molecule has 1 aliphatic heterocycles. The van der Waals surface area contributed by atoms with E-state index >= 15 is 0 Å². The van der Waals surface area contributed by atoms with Crippen molar-refractivity contribution >= 4 is 22.7 Å². The van der Waals surface area contributed by atoms with Crippen LogP contribution in [-0.2, 0) is 17.8 Å². The molecule has 0 radical (unpaired) electrons. The van der Waals surface area contributed by atoms with Crippen molar-refractivity contribution in [1.82, 2.24) is 25.1 Å². The van der Waals surface area contributed by atoms with Gasteiger partial charge in [0.1, 0.15) is 11.9 Å². The number of carbonyl (C=O) groups is 2. The van der Waals surface area contributed by atoms with Gasteiger partial charge in [-0.1, -0.05) is 60.7 Å². The molecule has 37 heavy (non-hydrogen) atoms. The summed E-state index contributed by atoms with van der Waals surface area (Å²) in [6.45, 7) is 2.85. The highest BCUT2D eigenvalue weighted by molar-refractivity contribution is 5.97. The minimum atomic E-state index is -0.667. The number of carbonyl (C=O) groups excluding carboxylic acids is 2. The molecule has 1 fully saturated rings. The van der Waals surface area contributed by atoms with Crippen LogP contribution >= 0.6 is 0 Å². The maximum absolute atomic E-state index is 13.6. The molecule has 1 atom stereocenters. The number of hydrogen-bond acceptors (Lipinski definition) is 5. The molecule has 0 spiro atoms. The van der Waals surface area contributed by atoms with Gasteiger partial charge in [0.25, 0.3) is 11.5 Å². The van der Waals surface area contributed by atoms with Crippen LogP contribution < -0.4 is 10.9 Å². The maximum Gasteiger partial charge on any atom is 0.258 e. The molecular formula is C29H29N5O3. The summed E-state index contributed by atoms with van der Waals surface area (Å²) in [4.78, 5) is 50.3. The summed E-state index contributed by atoms with van der Waals surface area (Å²) < 4.78 is 0. The van der Waals surface area contributed by atoms with Crippen molar-refractivity contribution < 1.29 is 9.59 Å². The molecule has 2 amide bonds. The third kappa shape index (κ3) is 5.92. The molecule has 2 heterocycles. The molecular weight excluding hydrogens is 466 g/mol. The second-order valence-electron chi connectivity index (χ2n) is 9.21. The van der Waals surface area contributed by atoms with Crippen molar-refractivity contribution in [3.63, 3.8) is 0 Å². The van der Waals surface area contributed by atoms with Crippen LogP contribution in [0.4, 0.5) is 0 Å². The number of H-pyrrole nitrogens is 1. The van der Waals surface area contributed by atoms with Gasteiger partial charge < -0.3 is 15.2 Å². The lowest BCUT2D eigenvalue weighted by atomic mass is 10.0. The second-order valence-corrected chi connectivity index (χ2v) is 9.21. The fourth-order valence-corrected chi connectivity index (χ4v) is 4.65. The van der Waals surface area contributed by atoms with E-state index in [0.717, 1.165) is 5.56 Å². The molecule has 8 nitrogen and oxygen atoms in total. The highest BCUT2D eigenvalue weighted by Crippen LogP contribution is 2.13. The van der Waals surface area contributed by atoms with Crippen molar-refractivity contribution in [1.29, 1.82) is 0 Å². The summed E-state index contributed by atoms with van der Waals surface area (Å²) in [5.41, 5.74) is 2.04. The molecule has 3 aromatic carbocycles. The zero-order valence-electron chi connectivity index (χ0n) is 20.5. The number of fused-ring (bicyclic) bond motifs is 1. The highest BCUT2D eigenvalue weighted by Gasteiger charge is 2.29. The maximum atomic E-state index is 13.6. The molecule has 0 saturated carbocycles. The van der Waals surface area contributed by atoms with E-state index in [1.807, 2.05) is 59.5 Å². The Kier molecular flexibility index (Phi) is 7.37. The first-order valence-corrected chi connectivity index (χ1v) is 12.5. The van der Waals surface area contributed by atoms with Gasteiger partial charge in [-0.15, -0.1) is 0 Å². The summed E-state index contributed by atoms with van der Waals surface area (Å²) in [5, 5.41) is 3.53. The largest absolute Gasteiger partial charge is 0.340 e. The molecule has 1 saturated heterocycles. The van der Waals surface area contributed by atoms with Gasteiger partial charge in [-0.05, 0) is 29.8 Å². The minimum Gasteiger partial charge on any atom is -0.340 e. The Morgan fingerprint density at radius 3 is 2.24 bits per heavy atom. The normalized spacial score (nSPS) is 14.9. The van der Waals surface area contributed by atoms with Crippen molar-refractivity contribution in [3.05, 3.63) is 112 Å². The molecule has 0 bridgehead atoms. The van der Waals surface area contributed by atoms with E-state index in [4.69, 9.17) is 0 Å². The standard InChI is InChI=1S/C29H29N5O3/c35-27(22-11-5-2-6-12-22)31-25(19-21-9-3-1-4-10-21)29(37)34-17-15-33(16-18-34)20-26-30-24-14-8-7-13-23(24)28(36)32-26/h1-14,25H,15-20H2,(H,31,35)(H,30,32,36)/t25-/m1/s1. The summed E-state index contributed by atoms with van der Waals surface area (Å²) in [6.07, 6.45) is 0.417. The fourth-order valence-electron chi connectivity index (χ4n) is 4.65. The number of aromatic amines is 1. The average molecular weight is 496 g/mol.